The van der Waals surface area contributed by atoms with Crippen LogP contribution in [0.5, 0.6) is 0 Å². The zero-order chi connectivity index (χ0) is 9.30. The second-order valence-corrected chi connectivity index (χ2v) is 3.98. The molecule has 5 heteroatoms. The lowest BCUT2D eigenvalue weighted by Gasteiger charge is -2.01. The second kappa shape index (κ2) is 3.85. The summed E-state index contributed by atoms with van der Waals surface area (Å²) in [7, 11) is 0. The molecule has 0 unspecified atom stereocenters. The maximum Gasteiger partial charge on any atom is 0.256 e. The van der Waals surface area contributed by atoms with Gasteiger partial charge >= 0.3 is 0 Å². The first-order chi connectivity index (χ1) is 5.54. The number of hydrogen-bond acceptors (Lipinski definition) is 1. The van der Waals surface area contributed by atoms with Crippen LogP contribution in [0, 0.1) is 5.82 Å². The van der Waals surface area contributed by atoms with Crippen LogP contribution in [0.3, 0.4) is 0 Å². The van der Waals surface area contributed by atoms with Crippen molar-refractivity contribution < 1.29 is 9.18 Å². The van der Waals surface area contributed by atoms with E-state index in [0.29, 0.717) is 8.95 Å². The Morgan fingerprint density at radius 2 is 2.00 bits per heavy atom. The molecule has 1 aromatic carbocycles. The van der Waals surface area contributed by atoms with Crippen LogP contribution in [0.15, 0.2) is 21.1 Å². The van der Waals surface area contributed by atoms with Crippen LogP contribution in [-0.4, -0.2) is 5.24 Å². The van der Waals surface area contributed by atoms with Crippen LogP contribution >= 0.6 is 43.5 Å². The van der Waals surface area contributed by atoms with Crippen LogP contribution in [0.1, 0.15) is 10.4 Å². The summed E-state index contributed by atoms with van der Waals surface area (Å²) in [5.41, 5.74) is -0.147. The van der Waals surface area contributed by atoms with Crippen molar-refractivity contribution in [2.24, 2.45) is 0 Å². The quantitative estimate of drug-likeness (QED) is 0.570. The number of benzene rings is 1. The van der Waals surface area contributed by atoms with E-state index in [2.05, 4.69) is 31.9 Å². The van der Waals surface area contributed by atoms with E-state index in [-0.39, 0.29) is 5.56 Å². The molecule has 64 valence electrons. The average molecular weight is 316 g/mol. The van der Waals surface area contributed by atoms with Gasteiger partial charge < -0.3 is 0 Å². The highest BCUT2D eigenvalue weighted by molar-refractivity contribution is 9.13. The van der Waals surface area contributed by atoms with Crippen LogP contribution in [0.25, 0.3) is 0 Å². The van der Waals surface area contributed by atoms with Crippen molar-refractivity contribution in [1.29, 1.82) is 0 Å². The fraction of sp³-hybridized carbons (Fsp3) is 0. The Kier molecular flexibility index (Phi) is 3.26. The minimum absolute atomic E-state index is 0.147. The van der Waals surface area contributed by atoms with Crippen LogP contribution < -0.4 is 0 Å². The van der Waals surface area contributed by atoms with E-state index in [4.69, 9.17) is 11.6 Å². The van der Waals surface area contributed by atoms with Crippen molar-refractivity contribution in [3.8, 4) is 0 Å². The predicted molar refractivity (Wildman–Crippen MR) is 52.0 cm³/mol. The minimum atomic E-state index is -0.819. The van der Waals surface area contributed by atoms with Gasteiger partial charge in [-0.25, -0.2) is 4.39 Å². The Morgan fingerprint density at radius 3 is 2.42 bits per heavy atom. The molecule has 1 nitrogen and oxygen atoms in total. The monoisotopic (exact) mass is 314 g/mol. The van der Waals surface area contributed by atoms with E-state index in [1.54, 1.807) is 0 Å². The van der Waals surface area contributed by atoms with Gasteiger partial charge in [-0.3, -0.25) is 4.79 Å². The van der Waals surface area contributed by atoms with Gasteiger partial charge in [0.2, 0.25) is 0 Å². The van der Waals surface area contributed by atoms with Crippen LogP contribution in [-0.2, 0) is 0 Å². The highest BCUT2D eigenvalue weighted by atomic mass is 79.9. The Labute approximate surface area is 90.2 Å². The van der Waals surface area contributed by atoms with Gasteiger partial charge in [0, 0.05) is 8.95 Å². The van der Waals surface area contributed by atoms with E-state index in [1.165, 1.54) is 12.1 Å². The summed E-state index contributed by atoms with van der Waals surface area (Å²) in [5, 5.41) is -0.819. The first-order valence-electron chi connectivity index (χ1n) is 2.87. The third-order valence-electron chi connectivity index (χ3n) is 1.24. The molecule has 0 N–H and O–H groups in total. The molecule has 0 amide bonds. The maximum absolute atomic E-state index is 12.9. The number of carbonyl (C=O) groups is 1. The van der Waals surface area contributed by atoms with Gasteiger partial charge in [0.1, 0.15) is 5.82 Å². The highest BCUT2D eigenvalue weighted by Gasteiger charge is 2.15. The average Bonchev–Trinajstić information content (AvgIpc) is 1.97. The summed E-state index contributed by atoms with van der Waals surface area (Å²) in [6, 6.07) is 2.66. The largest absolute Gasteiger partial charge is 0.275 e. The van der Waals surface area contributed by atoms with Crippen molar-refractivity contribution in [1.82, 2.24) is 0 Å². The summed E-state index contributed by atoms with van der Waals surface area (Å²) in [6.45, 7) is 0. The zero-order valence-corrected chi connectivity index (χ0v) is 9.50. The Balaban J connectivity index is 3.43. The molecule has 0 atom stereocenters. The number of rotatable bonds is 1. The highest BCUT2D eigenvalue weighted by Crippen LogP contribution is 2.29. The van der Waals surface area contributed by atoms with Gasteiger partial charge in [-0.2, -0.15) is 0 Å². The second-order valence-electron chi connectivity index (χ2n) is 1.99. The van der Waals surface area contributed by atoms with Gasteiger partial charge in [-0.05, 0) is 55.6 Å². The molecule has 0 saturated carbocycles. The molecule has 0 bridgehead atoms. The van der Waals surface area contributed by atoms with Crippen molar-refractivity contribution in [3.63, 3.8) is 0 Å². The molecule has 1 aromatic rings. The molecule has 1 rings (SSSR count). The summed E-state index contributed by atoms with van der Waals surface area (Å²) >= 11 is 11.3. The van der Waals surface area contributed by atoms with Gasteiger partial charge in [0.25, 0.3) is 5.24 Å². The molecule has 0 aromatic heterocycles. The topological polar surface area (TPSA) is 17.1 Å². The minimum Gasteiger partial charge on any atom is -0.275 e. The number of hydrogen-bond donors (Lipinski definition) is 0. The van der Waals surface area contributed by atoms with E-state index < -0.39 is 11.1 Å². The number of halogens is 4. The summed E-state index contributed by atoms with van der Waals surface area (Å²) in [4.78, 5) is 10.7. The van der Waals surface area contributed by atoms with Crippen molar-refractivity contribution in [2.75, 3.05) is 0 Å². The molecule has 0 saturated heterocycles. The van der Waals surface area contributed by atoms with Crippen LogP contribution in [0.4, 0.5) is 4.39 Å². The van der Waals surface area contributed by atoms with Gasteiger partial charge in [0.05, 0.1) is 5.56 Å². The third kappa shape index (κ3) is 1.87. The molecule has 0 heterocycles. The molecule has 0 aliphatic heterocycles. The van der Waals surface area contributed by atoms with Crippen molar-refractivity contribution in [2.45, 2.75) is 0 Å². The van der Waals surface area contributed by atoms with Gasteiger partial charge in [-0.1, -0.05) is 0 Å². The number of carbonyl (C=O) groups excluding carboxylic acids is 1. The molecule has 0 fully saturated rings. The van der Waals surface area contributed by atoms with E-state index in [1.807, 2.05) is 0 Å². The molecule has 0 aliphatic rings. The third-order valence-corrected chi connectivity index (χ3v) is 3.45. The maximum atomic E-state index is 12.9. The summed E-state index contributed by atoms with van der Waals surface area (Å²) in [5.74, 6) is -0.634. The van der Waals surface area contributed by atoms with E-state index in [9.17, 15) is 9.18 Å². The Morgan fingerprint density at radius 1 is 1.42 bits per heavy atom. The molecule has 0 aliphatic carbocycles. The lowest BCUT2D eigenvalue weighted by molar-refractivity contribution is 0.107. The van der Waals surface area contributed by atoms with Gasteiger partial charge in [0.15, 0.2) is 0 Å². The Hall–Kier alpha value is 0.0700. The fourth-order valence-corrected chi connectivity index (χ4v) is 1.84. The molecule has 12 heavy (non-hydrogen) atoms. The molecular formula is C7H2Br2ClFO. The molecule has 0 spiro atoms. The lowest BCUT2D eigenvalue weighted by atomic mass is 10.2. The summed E-state index contributed by atoms with van der Waals surface area (Å²) < 4.78 is 13.9. The summed E-state index contributed by atoms with van der Waals surface area (Å²) in [6.07, 6.45) is 0. The lowest BCUT2D eigenvalue weighted by Crippen LogP contribution is -1.96. The zero-order valence-electron chi connectivity index (χ0n) is 5.57. The molecular weight excluding hydrogens is 314 g/mol. The predicted octanol–water partition coefficient (Wildman–Crippen LogP) is 3.73. The molecule has 0 radical (unpaired) electrons. The smallest absolute Gasteiger partial charge is 0.256 e. The first-order valence-corrected chi connectivity index (χ1v) is 4.83. The normalized spacial score (nSPS) is 10.0. The van der Waals surface area contributed by atoms with E-state index in [0.717, 1.165) is 0 Å². The Bertz CT molecular complexity index is 340. The van der Waals surface area contributed by atoms with Gasteiger partial charge in [-0.15, -0.1) is 0 Å². The van der Waals surface area contributed by atoms with E-state index >= 15 is 0 Å². The first kappa shape index (κ1) is 10.2. The fourth-order valence-electron chi connectivity index (χ4n) is 0.707. The standard InChI is InChI=1S/C7H2Br2ClFO/c8-3-1-2-4(11)5(6(3)9)7(10)12/h1-2H. The SMILES string of the molecule is O=C(Cl)c1c(F)ccc(Br)c1Br. The van der Waals surface area contributed by atoms with Crippen LogP contribution in [0.2, 0.25) is 0 Å². The van der Waals surface area contributed by atoms with Crippen molar-refractivity contribution in [3.05, 3.63) is 32.5 Å². The van der Waals surface area contributed by atoms with Crippen molar-refractivity contribution >= 4 is 48.7 Å².